The Balaban J connectivity index is 2.59. The average molecular weight is 96.1 g/mol. The van der Waals surface area contributed by atoms with Crippen molar-refractivity contribution in [2.45, 2.75) is 0 Å². The molecule has 0 saturated heterocycles. The Labute approximate surface area is 41.0 Å². The van der Waals surface area contributed by atoms with E-state index in [2.05, 4.69) is 4.99 Å². The lowest BCUT2D eigenvalue weighted by Crippen LogP contribution is -3.04. The highest BCUT2D eigenvalue weighted by Crippen LogP contribution is 1.66. The van der Waals surface area contributed by atoms with Gasteiger partial charge < -0.3 is 9.69 Å². The molecule has 0 saturated carbocycles. The van der Waals surface area contributed by atoms with Gasteiger partial charge in [0.2, 0.25) is 0 Å². The highest BCUT2D eigenvalue weighted by molar-refractivity contribution is 5.58. The quantitative estimate of drug-likeness (QED) is 0.394. The van der Waals surface area contributed by atoms with Crippen LogP contribution in [0.15, 0.2) is 17.4 Å². The Bertz CT molecular complexity index is 116. The van der Waals surface area contributed by atoms with Gasteiger partial charge in [-0.25, -0.2) is 4.99 Å². The third kappa shape index (κ3) is 0.721. The van der Waals surface area contributed by atoms with Crippen LogP contribution in [-0.4, -0.2) is 12.7 Å². The lowest BCUT2D eigenvalue weighted by Gasteiger charge is -1.99. The van der Waals surface area contributed by atoms with Crippen LogP contribution in [0.1, 0.15) is 0 Å². The Morgan fingerprint density at radius 3 is 2.86 bits per heavy atom. The molecule has 0 aromatic heterocycles. The summed E-state index contributed by atoms with van der Waals surface area (Å²) in [5.74, 6) is 0. The first-order valence-corrected chi connectivity index (χ1v) is 1.88. The molecule has 7 heavy (non-hydrogen) atoms. The molecule has 0 bridgehead atoms. The molecule has 36 valence electrons. The van der Waals surface area contributed by atoms with Gasteiger partial charge in [0.1, 0.15) is 0 Å². The number of nitrogens with one attached hydrogen (secondary N) is 1. The first-order valence-electron chi connectivity index (χ1n) is 1.88. The highest BCUT2D eigenvalue weighted by atomic mass is 16.1. The fourth-order valence-electron chi connectivity index (χ4n) is 0.350. The molecular formula is C4H4N2O. The van der Waals surface area contributed by atoms with Crippen molar-refractivity contribution in [3.05, 3.63) is 12.4 Å². The van der Waals surface area contributed by atoms with E-state index in [0.717, 1.165) is 0 Å². The zero-order chi connectivity index (χ0) is 5.11. The molecule has 1 aliphatic heterocycles. The summed E-state index contributed by atoms with van der Waals surface area (Å²) < 4.78 is 0. The fourth-order valence-corrected chi connectivity index (χ4v) is 0.350. The molecule has 0 radical (unpaired) electrons. The minimum Gasteiger partial charge on any atom is -0.475 e. The lowest BCUT2D eigenvalue weighted by molar-refractivity contribution is -0.620. The van der Waals surface area contributed by atoms with Gasteiger partial charge in [0, 0.05) is 0 Å². The minimum atomic E-state index is 0.514. The average Bonchev–Trinajstić information content (AvgIpc) is 2.14. The zero-order valence-corrected chi connectivity index (χ0v) is 3.59. The molecule has 1 unspecified atom stereocenters. The second-order valence-electron chi connectivity index (χ2n) is 1.15. The summed E-state index contributed by atoms with van der Waals surface area (Å²) in [6, 6.07) is 0. The van der Waals surface area contributed by atoms with Crippen LogP contribution in [0.4, 0.5) is 0 Å². The first-order chi connectivity index (χ1) is 3.43. The SMILES string of the molecule is O=[C-][NH+]1C=CN=C1. The topological polar surface area (TPSA) is 33.9 Å². The van der Waals surface area contributed by atoms with E-state index >= 15 is 0 Å². The van der Waals surface area contributed by atoms with E-state index < -0.39 is 0 Å². The summed E-state index contributed by atoms with van der Waals surface area (Å²) in [5, 5.41) is 0. The zero-order valence-electron chi connectivity index (χ0n) is 3.59. The molecule has 1 N–H and O–H groups in total. The maximum atomic E-state index is 9.70. The third-order valence-corrected chi connectivity index (χ3v) is 0.672. The number of amides is 1. The van der Waals surface area contributed by atoms with Crippen LogP contribution in [-0.2, 0) is 4.79 Å². The van der Waals surface area contributed by atoms with Crippen molar-refractivity contribution in [2.75, 3.05) is 0 Å². The third-order valence-electron chi connectivity index (χ3n) is 0.672. The standard InChI is InChI=1S/C4H4N2O/c7-4-6-2-1-5-3-6/h1-3,6H. The summed E-state index contributed by atoms with van der Waals surface area (Å²) in [5.41, 5.74) is 0. The van der Waals surface area contributed by atoms with E-state index in [1.54, 1.807) is 18.8 Å². The number of carbonyl (C=O) groups excluding carboxylic acids is 1. The smallest absolute Gasteiger partial charge is 0.170 e. The highest BCUT2D eigenvalue weighted by Gasteiger charge is 1.89. The van der Waals surface area contributed by atoms with Gasteiger partial charge in [0.15, 0.2) is 6.34 Å². The molecule has 0 aromatic rings. The Morgan fingerprint density at radius 2 is 2.57 bits per heavy atom. The predicted molar refractivity (Wildman–Crippen MR) is 24.3 cm³/mol. The molecule has 0 aromatic carbocycles. The Hall–Kier alpha value is -0.960. The van der Waals surface area contributed by atoms with Gasteiger partial charge >= 0.3 is 0 Å². The lowest BCUT2D eigenvalue weighted by atomic mass is 10.8. The molecular weight excluding hydrogens is 92.1 g/mol. The molecule has 3 heteroatoms. The van der Waals surface area contributed by atoms with Crippen molar-refractivity contribution >= 4 is 12.7 Å². The van der Waals surface area contributed by atoms with Crippen LogP contribution in [0.2, 0.25) is 0 Å². The second kappa shape index (κ2) is 1.66. The number of hydrogen-bond donors (Lipinski definition) is 1. The molecule has 1 heterocycles. The number of aliphatic imine (C=N–C) groups is 1. The number of rotatable bonds is 1. The van der Waals surface area contributed by atoms with E-state index in [4.69, 9.17) is 0 Å². The molecule has 3 nitrogen and oxygen atoms in total. The summed E-state index contributed by atoms with van der Waals surface area (Å²) in [6.07, 6.45) is 6.32. The van der Waals surface area contributed by atoms with E-state index in [9.17, 15) is 4.79 Å². The molecule has 0 spiro atoms. The van der Waals surface area contributed by atoms with Gasteiger partial charge in [-0.15, -0.1) is 0 Å². The van der Waals surface area contributed by atoms with Crippen LogP contribution in [0.5, 0.6) is 0 Å². The van der Waals surface area contributed by atoms with Gasteiger partial charge in [-0.3, -0.25) is 0 Å². The van der Waals surface area contributed by atoms with Crippen LogP contribution < -0.4 is 4.90 Å². The van der Waals surface area contributed by atoms with Gasteiger partial charge in [-0.1, -0.05) is 0 Å². The largest absolute Gasteiger partial charge is 0.475 e. The van der Waals surface area contributed by atoms with Crippen molar-refractivity contribution < 1.29 is 9.69 Å². The molecule has 1 atom stereocenters. The van der Waals surface area contributed by atoms with Crippen molar-refractivity contribution in [1.29, 1.82) is 0 Å². The second-order valence-corrected chi connectivity index (χ2v) is 1.15. The van der Waals surface area contributed by atoms with Crippen LogP contribution in [0, 0.1) is 0 Å². The minimum absolute atomic E-state index is 0.514. The maximum Gasteiger partial charge on any atom is 0.170 e. The number of quaternary nitrogens is 1. The van der Waals surface area contributed by atoms with E-state index in [1.807, 2.05) is 0 Å². The number of nitrogens with zero attached hydrogens (tertiary/aromatic N) is 1. The summed E-state index contributed by atoms with van der Waals surface area (Å²) >= 11 is 0. The Kier molecular flexibility index (Phi) is 0.997. The van der Waals surface area contributed by atoms with E-state index in [0.29, 0.717) is 4.90 Å². The summed E-state index contributed by atoms with van der Waals surface area (Å²) in [4.78, 5) is 13.8. The molecule has 0 fully saturated rings. The Morgan fingerprint density at radius 1 is 1.71 bits per heavy atom. The van der Waals surface area contributed by atoms with Crippen molar-refractivity contribution in [3.8, 4) is 0 Å². The monoisotopic (exact) mass is 96.0 g/mol. The van der Waals surface area contributed by atoms with Gasteiger partial charge in [0.25, 0.3) is 0 Å². The van der Waals surface area contributed by atoms with Gasteiger partial charge in [0.05, 0.1) is 12.4 Å². The van der Waals surface area contributed by atoms with Crippen LogP contribution in [0.25, 0.3) is 0 Å². The van der Waals surface area contributed by atoms with Crippen LogP contribution in [0.3, 0.4) is 0 Å². The molecule has 1 aliphatic rings. The van der Waals surface area contributed by atoms with E-state index in [1.165, 1.54) is 6.34 Å². The number of hydrogen-bond acceptors (Lipinski definition) is 2. The van der Waals surface area contributed by atoms with Crippen molar-refractivity contribution in [2.24, 2.45) is 4.99 Å². The van der Waals surface area contributed by atoms with Crippen molar-refractivity contribution in [1.82, 2.24) is 0 Å². The maximum absolute atomic E-state index is 9.70. The van der Waals surface area contributed by atoms with Crippen LogP contribution >= 0.6 is 0 Å². The molecule has 0 aliphatic carbocycles. The molecule has 1 amide bonds. The van der Waals surface area contributed by atoms with Gasteiger partial charge in [-0.2, -0.15) is 0 Å². The first kappa shape index (κ1) is 4.21. The fraction of sp³-hybridized carbons (Fsp3) is 0. The van der Waals surface area contributed by atoms with Gasteiger partial charge in [-0.05, 0) is 6.41 Å². The summed E-state index contributed by atoms with van der Waals surface area (Å²) in [7, 11) is 0. The van der Waals surface area contributed by atoms with Crippen molar-refractivity contribution in [3.63, 3.8) is 0 Å². The predicted octanol–water partition coefficient (Wildman–Crippen LogP) is -1.55. The summed E-state index contributed by atoms with van der Waals surface area (Å²) in [6.45, 7) is 0. The molecule has 1 rings (SSSR count). The van der Waals surface area contributed by atoms with E-state index in [-0.39, 0.29) is 0 Å². The normalized spacial score (nSPS) is 26.0.